The van der Waals surface area contributed by atoms with Crippen LogP contribution in [0.5, 0.6) is 0 Å². The summed E-state index contributed by atoms with van der Waals surface area (Å²) < 4.78 is 5.59. The molecule has 0 bridgehead atoms. The van der Waals surface area contributed by atoms with Crippen LogP contribution in [0.4, 0.5) is 5.69 Å². The van der Waals surface area contributed by atoms with Crippen molar-refractivity contribution in [2.24, 2.45) is 11.8 Å². The van der Waals surface area contributed by atoms with E-state index in [9.17, 15) is 4.79 Å². The van der Waals surface area contributed by atoms with Gasteiger partial charge in [0.05, 0.1) is 0 Å². The summed E-state index contributed by atoms with van der Waals surface area (Å²) in [5, 5.41) is 0. The van der Waals surface area contributed by atoms with Gasteiger partial charge in [0.2, 0.25) is 0 Å². The molecule has 3 atom stereocenters. The number of hydrogen-bond donors (Lipinski definition) is 1. The van der Waals surface area contributed by atoms with Gasteiger partial charge in [-0.25, -0.2) is 0 Å². The van der Waals surface area contributed by atoms with E-state index < -0.39 is 0 Å². The molecule has 0 aromatic heterocycles. The van der Waals surface area contributed by atoms with Gasteiger partial charge in [-0.05, 0) is 55.2 Å². The highest BCUT2D eigenvalue weighted by Crippen LogP contribution is 2.31. The van der Waals surface area contributed by atoms with Crippen LogP contribution in [-0.2, 0) is 16.0 Å². The number of ether oxygens (including phenoxy) is 1. The third-order valence-corrected chi connectivity index (χ3v) is 4.42. The van der Waals surface area contributed by atoms with E-state index in [2.05, 4.69) is 13.8 Å². The minimum absolute atomic E-state index is 0.0841. The number of rotatable bonds is 4. The average molecular weight is 275 g/mol. The van der Waals surface area contributed by atoms with Gasteiger partial charge in [-0.1, -0.05) is 26.0 Å². The summed E-state index contributed by atoms with van der Waals surface area (Å²) in [6, 6.07) is 7.68. The SMILES string of the molecule is CC1CCC(OC(=O)CCc2cccc(N)c2)CC1C. The lowest BCUT2D eigenvalue weighted by atomic mass is 9.80. The molecule has 3 unspecified atom stereocenters. The fraction of sp³-hybridized carbons (Fsp3) is 0.588. The van der Waals surface area contributed by atoms with Gasteiger partial charge in [-0.3, -0.25) is 4.79 Å². The van der Waals surface area contributed by atoms with Gasteiger partial charge in [0.15, 0.2) is 0 Å². The summed E-state index contributed by atoms with van der Waals surface area (Å²) in [5.74, 6) is 1.31. The molecule has 1 aliphatic carbocycles. The molecule has 0 aliphatic heterocycles. The molecule has 3 nitrogen and oxygen atoms in total. The Bertz CT molecular complexity index is 458. The van der Waals surface area contributed by atoms with Crippen LogP contribution in [0.3, 0.4) is 0 Å². The van der Waals surface area contributed by atoms with Crippen LogP contribution in [0.1, 0.15) is 45.1 Å². The molecule has 0 heterocycles. The van der Waals surface area contributed by atoms with Gasteiger partial charge < -0.3 is 10.5 Å². The minimum Gasteiger partial charge on any atom is -0.462 e. The van der Waals surface area contributed by atoms with E-state index >= 15 is 0 Å². The first-order valence-electron chi connectivity index (χ1n) is 7.58. The van der Waals surface area contributed by atoms with Crippen molar-refractivity contribution in [2.45, 2.75) is 52.1 Å². The molecular weight excluding hydrogens is 250 g/mol. The van der Waals surface area contributed by atoms with Gasteiger partial charge in [0.25, 0.3) is 0 Å². The van der Waals surface area contributed by atoms with Gasteiger partial charge in [0.1, 0.15) is 6.10 Å². The van der Waals surface area contributed by atoms with Crippen molar-refractivity contribution in [2.75, 3.05) is 5.73 Å². The smallest absolute Gasteiger partial charge is 0.306 e. The highest BCUT2D eigenvalue weighted by molar-refractivity contribution is 5.70. The van der Waals surface area contributed by atoms with Crippen molar-refractivity contribution in [3.63, 3.8) is 0 Å². The molecular formula is C17H25NO2. The topological polar surface area (TPSA) is 52.3 Å². The minimum atomic E-state index is -0.0841. The molecule has 1 fully saturated rings. The first kappa shape index (κ1) is 14.9. The summed E-state index contributed by atoms with van der Waals surface area (Å²) in [4.78, 5) is 11.9. The molecule has 1 saturated carbocycles. The number of esters is 1. The number of nitrogen functional groups attached to an aromatic ring is 1. The van der Waals surface area contributed by atoms with Crippen molar-refractivity contribution in [1.82, 2.24) is 0 Å². The summed E-state index contributed by atoms with van der Waals surface area (Å²) in [6.07, 6.45) is 4.43. The maximum absolute atomic E-state index is 11.9. The second kappa shape index (κ2) is 6.78. The van der Waals surface area contributed by atoms with Crippen molar-refractivity contribution in [3.8, 4) is 0 Å². The van der Waals surface area contributed by atoms with Crippen LogP contribution in [-0.4, -0.2) is 12.1 Å². The molecule has 0 spiro atoms. The van der Waals surface area contributed by atoms with Crippen LogP contribution in [0, 0.1) is 11.8 Å². The largest absolute Gasteiger partial charge is 0.462 e. The van der Waals surface area contributed by atoms with E-state index in [0.29, 0.717) is 18.8 Å². The Kier molecular flexibility index (Phi) is 5.05. The number of carbonyl (C=O) groups is 1. The highest BCUT2D eigenvalue weighted by Gasteiger charge is 2.26. The first-order chi connectivity index (χ1) is 9.54. The maximum Gasteiger partial charge on any atom is 0.306 e. The zero-order valence-corrected chi connectivity index (χ0v) is 12.5. The Labute approximate surface area is 121 Å². The fourth-order valence-corrected chi connectivity index (χ4v) is 2.85. The lowest BCUT2D eigenvalue weighted by Crippen LogP contribution is -2.28. The molecule has 20 heavy (non-hydrogen) atoms. The monoisotopic (exact) mass is 275 g/mol. The second-order valence-electron chi connectivity index (χ2n) is 6.12. The van der Waals surface area contributed by atoms with E-state index in [1.165, 1.54) is 0 Å². The van der Waals surface area contributed by atoms with Crippen LogP contribution in [0.25, 0.3) is 0 Å². The summed E-state index contributed by atoms with van der Waals surface area (Å²) in [5.41, 5.74) is 7.56. The van der Waals surface area contributed by atoms with Crippen LogP contribution < -0.4 is 5.73 Å². The van der Waals surface area contributed by atoms with E-state index in [1.807, 2.05) is 24.3 Å². The predicted octanol–water partition coefficient (Wildman–Crippen LogP) is 3.57. The van der Waals surface area contributed by atoms with Crippen LogP contribution in [0.2, 0.25) is 0 Å². The number of benzene rings is 1. The average Bonchev–Trinajstić information content (AvgIpc) is 2.41. The van der Waals surface area contributed by atoms with Crippen molar-refractivity contribution >= 4 is 11.7 Å². The Balaban J connectivity index is 1.75. The Morgan fingerprint density at radius 3 is 2.80 bits per heavy atom. The molecule has 2 N–H and O–H groups in total. The molecule has 3 heteroatoms. The molecule has 0 saturated heterocycles. The number of aryl methyl sites for hydroxylation is 1. The molecule has 1 aromatic rings. The first-order valence-corrected chi connectivity index (χ1v) is 7.58. The number of nitrogens with two attached hydrogens (primary N) is 1. The maximum atomic E-state index is 11.9. The summed E-state index contributed by atoms with van der Waals surface area (Å²) in [7, 11) is 0. The number of hydrogen-bond acceptors (Lipinski definition) is 3. The summed E-state index contributed by atoms with van der Waals surface area (Å²) >= 11 is 0. The van der Waals surface area contributed by atoms with E-state index in [-0.39, 0.29) is 12.1 Å². The third kappa shape index (κ3) is 4.26. The quantitative estimate of drug-likeness (QED) is 0.675. The van der Waals surface area contributed by atoms with E-state index in [0.717, 1.165) is 36.4 Å². The van der Waals surface area contributed by atoms with Crippen molar-refractivity contribution < 1.29 is 9.53 Å². The Morgan fingerprint density at radius 2 is 2.10 bits per heavy atom. The third-order valence-electron chi connectivity index (χ3n) is 4.42. The predicted molar refractivity (Wildman–Crippen MR) is 81.2 cm³/mol. The van der Waals surface area contributed by atoms with Gasteiger partial charge >= 0.3 is 5.97 Å². The van der Waals surface area contributed by atoms with Gasteiger partial charge in [-0.2, -0.15) is 0 Å². The zero-order valence-electron chi connectivity index (χ0n) is 12.5. The summed E-state index contributed by atoms with van der Waals surface area (Å²) in [6.45, 7) is 4.53. The molecule has 2 rings (SSSR count). The van der Waals surface area contributed by atoms with Gasteiger partial charge in [0, 0.05) is 12.1 Å². The molecule has 1 aliphatic rings. The number of carbonyl (C=O) groups excluding carboxylic acids is 1. The van der Waals surface area contributed by atoms with Crippen LogP contribution in [0.15, 0.2) is 24.3 Å². The zero-order chi connectivity index (χ0) is 14.5. The molecule has 0 radical (unpaired) electrons. The van der Waals surface area contributed by atoms with Crippen molar-refractivity contribution in [3.05, 3.63) is 29.8 Å². The van der Waals surface area contributed by atoms with Crippen LogP contribution >= 0.6 is 0 Å². The normalized spacial score (nSPS) is 26.2. The molecule has 110 valence electrons. The fourth-order valence-electron chi connectivity index (χ4n) is 2.85. The standard InChI is InChI=1S/C17H25NO2/c1-12-6-8-16(10-13(12)2)20-17(19)9-7-14-4-3-5-15(18)11-14/h3-5,11-13,16H,6-10,18H2,1-2H3. The van der Waals surface area contributed by atoms with Crippen molar-refractivity contribution in [1.29, 1.82) is 0 Å². The Hall–Kier alpha value is -1.51. The molecule has 1 aromatic carbocycles. The van der Waals surface area contributed by atoms with Gasteiger partial charge in [-0.15, -0.1) is 0 Å². The van der Waals surface area contributed by atoms with E-state index in [4.69, 9.17) is 10.5 Å². The lowest BCUT2D eigenvalue weighted by Gasteiger charge is -2.31. The highest BCUT2D eigenvalue weighted by atomic mass is 16.5. The molecule has 0 amide bonds. The Morgan fingerprint density at radius 1 is 1.30 bits per heavy atom. The second-order valence-corrected chi connectivity index (χ2v) is 6.12. The van der Waals surface area contributed by atoms with E-state index in [1.54, 1.807) is 0 Å². The number of anilines is 1. The lowest BCUT2D eigenvalue weighted by molar-refractivity contribution is -0.151.